The number of hydrazine groups is 1. The van der Waals surface area contributed by atoms with Crippen molar-refractivity contribution in [2.75, 3.05) is 5.01 Å². The van der Waals surface area contributed by atoms with E-state index in [-0.39, 0.29) is 17.2 Å². The number of rotatable bonds is 5. The van der Waals surface area contributed by atoms with E-state index in [0.29, 0.717) is 6.42 Å². The molecule has 5 heteroatoms. The number of nitrogens with zero attached hydrogens (tertiary/aromatic N) is 1. The summed E-state index contributed by atoms with van der Waals surface area (Å²) in [6, 6.07) is 6.04. The van der Waals surface area contributed by atoms with E-state index in [1.807, 2.05) is 51.1 Å². The van der Waals surface area contributed by atoms with Gasteiger partial charge in [0.25, 0.3) is 0 Å². The normalized spacial score (nSPS) is 17.6. The Kier molecular flexibility index (Phi) is 6.06. The second kappa shape index (κ2) is 7.92. The lowest BCUT2D eigenvalue weighted by Crippen LogP contribution is -2.46. The second-order valence-electron chi connectivity index (χ2n) is 7.77. The van der Waals surface area contributed by atoms with E-state index in [4.69, 9.17) is 10.9 Å². The Balaban J connectivity index is 2.55. The molecule has 0 saturated heterocycles. The van der Waals surface area contributed by atoms with Gasteiger partial charge in [-0.05, 0) is 47.3 Å². The van der Waals surface area contributed by atoms with Crippen LogP contribution in [0.1, 0.15) is 52.2 Å². The molecule has 1 aliphatic rings. The van der Waals surface area contributed by atoms with Crippen molar-refractivity contribution in [3.05, 3.63) is 59.2 Å². The van der Waals surface area contributed by atoms with Crippen LogP contribution >= 0.6 is 0 Å². The van der Waals surface area contributed by atoms with Crippen molar-refractivity contribution in [2.45, 2.75) is 46.5 Å². The first kappa shape index (κ1) is 20.6. The molecule has 0 radical (unpaired) electrons. The van der Waals surface area contributed by atoms with Crippen LogP contribution in [0.25, 0.3) is 5.57 Å². The fourth-order valence-corrected chi connectivity index (χ4v) is 3.33. The molecule has 0 aromatic heterocycles. The lowest BCUT2D eigenvalue weighted by Gasteiger charge is -2.36. The number of anilines is 1. The number of hydrogen-bond acceptors (Lipinski definition) is 3. The Bertz CT molecular complexity index is 845. The molecule has 1 amide bonds. The minimum atomic E-state index is -0.984. The number of aliphatic carboxylic acids is 1. The van der Waals surface area contributed by atoms with E-state index in [1.54, 1.807) is 6.08 Å². The molecule has 0 unspecified atom stereocenters. The molecule has 0 spiro atoms. The van der Waals surface area contributed by atoms with E-state index in [1.165, 1.54) is 5.01 Å². The van der Waals surface area contributed by atoms with Crippen LogP contribution in [-0.2, 0) is 15.0 Å². The van der Waals surface area contributed by atoms with Gasteiger partial charge in [0.05, 0.1) is 5.69 Å². The zero-order valence-corrected chi connectivity index (χ0v) is 16.6. The molecule has 1 aliphatic heterocycles. The highest BCUT2D eigenvalue weighted by molar-refractivity contribution is 5.97. The Morgan fingerprint density at radius 1 is 1.30 bits per heavy atom. The van der Waals surface area contributed by atoms with Crippen LogP contribution in [0, 0.1) is 5.92 Å². The maximum absolute atomic E-state index is 12.3. The van der Waals surface area contributed by atoms with Gasteiger partial charge in [0.15, 0.2) is 0 Å². The molecule has 1 aromatic rings. The van der Waals surface area contributed by atoms with E-state index in [2.05, 4.69) is 13.8 Å². The highest BCUT2D eigenvalue weighted by Crippen LogP contribution is 2.41. The smallest absolute Gasteiger partial charge is 0.328 e. The predicted octanol–water partition coefficient (Wildman–Crippen LogP) is 4.20. The Morgan fingerprint density at radius 2 is 1.96 bits per heavy atom. The Morgan fingerprint density at radius 3 is 2.52 bits per heavy atom. The number of carboxylic acids is 1. The van der Waals surface area contributed by atoms with E-state index >= 15 is 0 Å². The zero-order chi connectivity index (χ0) is 20.4. The standard InChI is InChI=1S/C22H28N2O3/c1-6-15(7-10-21(26)27)11-17(14(2)3)16-8-9-18-19(12-16)24(23)20(25)13-22(18,4)5/h6-12,14H,13,23H2,1-5H3,(H,26,27). The van der Waals surface area contributed by atoms with E-state index in [9.17, 15) is 9.59 Å². The third-order valence-electron chi connectivity index (χ3n) is 4.88. The molecule has 0 aliphatic carbocycles. The molecule has 5 nitrogen and oxygen atoms in total. The monoisotopic (exact) mass is 368 g/mol. The van der Waals surface area contributed by atoms with E-state index in [0.717, 1.165) is 34.0 Å². The second-order valence-corrected chi connectivity index (χ2v) is 7.77. The van der Waals surface area contributed by atoms with E-state index < -0.39 is 5.97 Å². The van der Waals surface area contributed by atoms with Gasteiger partial charge in [-0.3, -0.25) is 4.79 Å². The van der Waals surface area contributed by atoms with Crippen LogP contribution < -0.4 is 10.9 Å². The Labute approximate surface area is 160 Å². The van der Waals surface area contributed by atoms with Gasteiger partial charge < -0.3 is 5.11 Å². The number of carbonyl (C=O) groups is 2. The van der Waals surface area contributed by atoms with Gasteiger partial charge in [0, 0.05) is 17.9 Å². The molecule has 0 bridgehead atoms. The van der Waals surface area contributed by atoms with Gasteiger partial charge >= 0.3 is 5.97 Å². The summed E-state index contributed by atoms with van der Waals surface area (Å²) in [5.41, 5.74) is 4.33. The number of carbonyl (C=O) groups excluding carboxylic acids is 1. The Hall–Kier alpha value is -2.66. The quantitative estimate of drug-likeness (QED) is 0.353. The highest BCUT2D eigenvalue weighted by atomic mass is 16.4. The van der Waals surface area contributed by atoms with Gasteiger partial charge in [0.1, 0.15) is 0 Å². The summed E-state index contributed by atoms with van der Waals surface area (Å²) in [6.45, 7) is 10.1. The number of amides is 1. The largest absolute Gasteiger partial charge is 0.478 e. The van der Waals surface area contributed by atoms with Gasteiger partial charge in [-0.15, -0.1) is 0 Å². The van der Waals surface area contributed by atoms with Crippen LogP contribution in [0.4, 0.5) is 5.69 Å². The molecule has 2 rings (SSSR count). The van der Waals surface area contributed by atoms with Crippen LogP contribution in [-0.4, -0.2) is 17.0 Å². The first-order chi connectivity index (χ1) is 12.6. The highest BCUT2D eigenvalue weighted by Gasteiger charge is 2.35. The first-order valence-electron chi connectivity index (χ1n) is 9.08. The topological polar surface area (TPSA) is 83.6 Å². The molecule has 0 fully saturated rings. The zero-order valence-electron chi connectivity index (χ0n) is 16.6. The van der Waals surface area contributed by atoms with Crippen molar-refractivity contribution >= 4 is 23.1 Å². The maximum atomic E-state index is 12.3. The SMILES string of the molecule is CC=C(C=CC(=O)O)C=C(c1ccc2c(c1)N(N)C(=O)CC2(C)C)C(C)C. The summed E-state index contributed by atoms with van der Waals surface area (Å²) in [5.74, 6) is 5.16. The summed E-state index contributed by atoms with van der Waals surface area (Å²) < 4.78 is 0. The number of carboxylic acid groups (broad SMARTS) is 1. The van der Waals surface area contributed by atoms with Crippen molar-refractivity contribution < 1.29 is 14.7 Å². The third kappa shape index (κ3) is 4.55. The maximum Gasteiger partial charge on any atom is 0.328 e. The fourth-order valence-electron chi connectivity index (χ4n) is 3.33. The van der Waals surface area contributed by atoms with Gasteiger partial charge in [-0.1, -0.05) is 52.0 Å². The number of benzene rings is 1. The number of allylic oxidation sites excluding steroid dienone is 5. The minimum Gasteiger partial charge on any atom is -0.478 e. The third-order valence-corrected chi connectivity index (χ3v) is 4.88. The van der Waals surface area contributed by atoms with Crippen molar-refractivity contribution in [1.82, 2.24) is 0 Å². The van der Waals surface area contributed by atoms with Crippen molar-refractivity contribution in [3.63, 3.8) is 0 Å². The molecule has 3 N–H and O–H groups in total. The lowest BCUT2D eigenvalue weighted by molar-refractivity contribution is -0.131. The molecule has 1 heterocycles. The fraction of sp³-hybridized carbons (Fsp3) is 0.364. The first-order valence-corrected chi connectivity index (χ1v) is 9.08. The average Bonchev–Trinajstić information content (AvgIpc) is 2.59. The molecular weight excluding hydrogens is 340 g/mol. The summed E-state index contributed by atoms with van der Waals surface area (Å²) in [5, 5.41) is 10.1. The molecule has 0 atom stereocenters. The van der Waals surface area contributed by atoms with Crippen LogP contribution in [0.15, 0.2) is 48.1 Å². The van der Waals surface area contributed by atoms with Crippen LogP contribution in [0.5, 0.6) is 0 Å². The summed E-state index contributed by atoms with van der Waals surface area (Å²) in [6.07, 6.45) is 6.92. The van der Waals surface area contributed by atoms with Crippen molar-refractivity contribution in [1.29, 1.82) is 0 Å². The summed E-state index contributed by atoms with van der Waals surface area (Å²) >= 11 is 0. The number of nitrogens with two attached hydrogens (primary N) is 1. The van der Waals surface area contributed by atoms with Gasteiger partial charge in [-0.25, -0.2) is 15.6 Å². The van der Waals surface area contributed by atoms with Gasteiger partial charge in [0.2, 0.25) is 5.91 Å². The molecular formula is C22H28N2O3. The summed E-state index contributed by atoms with van der Waals surface area (Å²) in [4.78, 5) is 23.1. The molecule has 144 valence electrons. The molecule has 27 heavy (non-hydrogen) atoms. The lowest BCUT2D eigenvalue weighted by atomic mass is 9.77. The van der Waals surface area contributed by atoms with Crippen LogP contribution in [0.2, 0.25) is 0 Å². The molecule has 1 aromatic carbocycles. The van der Waals surface area contributed by atoms with Crippen molar-refractivity contribution in [3.8, 4) is 0 Å². The average molecular weight is 368 g/mol. The molecule has 0 saturated carbocycles. The number of hydrogen-bond donors (Lipinski definition) is 2. The number of fused-ring (bicyclic) bond motifs is 1. The van der Waals surface area contributed by atoms with Crippen LogP contribution in [0.3, 0.4) is 0 Å². The summed E-state index contributed by atoms with van der Waals surface area (Å²) in [7, 11) is 0. The minimum absolute atomic E-state index is 0.0988. The van der Waals surface area contributed by atoms with Crippen molar-refractivity contribution in [2.24, 2.45) is 11.8 Å². The van der Waals surface area contributed by atoms with Gasteiger partial charge in [-0.2, -0.15) is 0 Å². The predicted molar refractivity (Wildman–Crippen MR) is 109 cm³/mol.